The Morgan fingerprint density at radius 3 is 2.70 bits per heavy atom. The summed E-state index contributed by atoms with van der Waals surface area (Å²) in [4.78, 5) is 4.24. The molecule has 1 unspecified atom stereocenters. The van der Waals surface area contributed by atoms with Crippen molar-refractivity contribution < 1.29 is 19.0 Å². The number of guanidine groups is 1. The first-order valence-corrected chi connectivity index (χ1v) is 9.75. The molecule has 1 saturated heterocycles. The summed E-state index contributed by atoms with van der Waals surface area (Å²) in [6.45, 7) is 4.09. The highest BCUT2D eigenvalue weighted by atomic mass is 127. The van der Waals surface area contributed by atoms with Crippen molar-refractivity contribution in [3.8, 4) is 5.75 Å². The second-order valence-corrected chi connectivity index (χ2v) is 7.08. The number of aliphatic hydroxyl groups is 1. The standard InChI is InChI=1S/C22H28FN3O3.HI/c1-15-3-5-17(21(9-15)29-19-7-8-28-14-19)12-26-22(24-2)25-11-16-4-6-20(23)18(10-16)13-27;/h3-6,9-10,19,27H,7-8,11-14H2,1-2H3,(H2,24,25,26);1H. The van der Waals surface area contributed by atoms with Crippen LogP contribution in [0, 0.1) is 12.7 Å². The van der Waals surface area contributed by atoms with Gasteiger partial charge in [-0.2, -0.15) is 0 Å². The van der Waals surface area contributed by atoms with E-state index in [0.29, 0.717) is 25.7 Å². The molecule has 1 heterocycles. The highest BCUT2D eigenvalue weighted by Crippen LogP contribution is 2.23. The van der Waals surface area contributed by atoms with Gasteiger partial charge in [0.25, 0.3) is 0 Å². The fourth-order valence-corrected chi connectivity index (χ4v) is 3.15. The van der Waals surface area contributed by atoms with Gasteiger partial charge in [0.2, 0.25) is 0 Å². The van der Waals surface area contributed by atoms with Gasteiger partial charge in [0, 0.05) is 37.7 Å². The number of aryl methyl sites for hydroxylation is 1. The number of rotatable bonds is 7. The van der Waals surface area contributed by atoms with Crippen LogP contribution in [0.4, 0.5) is 4.39 Å². The van der Waals surface area contributed by atoms with Crippen molar-refractivity contribution in [3.05, 3.63) is 64.5 Å². The van der Waals surface area contributed by atoms with Gasteiger partial charge in [0.15, 0.2) is 5.96 Å². The van der Waals surface area contributed by atoms with E-state index in [1.807, 2.05) is 19.1 Å². The molecule has 0 aromatic heterocycles. The third-order valence-electron chi connectivity index (χ3n) is 4.81. The molecule has 0 aliphatic carbocycles. The Kier molecular flexibility index (Phi) is 9.80. The Balaban J connectivity index is 0.00000320. The van der Waals surface area contributed by atoms with E-state index in [0.717, 1.165) is 35.5 Å². The lowest BCUT2D eigenvalue weighted by atomic mass is 10.1. The number of aliphatic imine (C=N–C) groups is 1. The van der Waals surface area contributed by atoms with Crippen molar-refractivity contribution in [2.24, 2.45) is 4.99 Å². The van der Waals surface area contributed by atoms with Crippen molar-refractivity contribution in [1.29, 1.82) is 0 Å². The van der Waals surface area contributed by atoms with Gasteiger partial charge in [-0.05, 0) is 36.2 Å². The molecule has 1 aliphatic rings. The largest absolute Gasteiger partial charge is 0.488 e. The van der Waals surface area contributed by atoms with Gasteiger partial charge in [-0.3, -0.25) is 4.99 Å². The Labute approximate surface area is 193 Å². The van der Waals surface area contributed by atoms with Gasteiger partial charge in [-0.15, -0.1) is 24.0 Å². The lowest BCUT2D eigenvalue weighted by Crippen LogP contribution is -2.36. The van der Waals surface area contributed by atoms with Crippen LogP contribution in [0.25, 0.3) is 0 Å². The molecular formula is C22H29FIN3O3. The van der Waals surface area contributed by atoms with E-state index in [9.17, 15) is 9.50 Å². The van der Waals surface area contributed by atoms with Gasteiger partial charge >= 0.3 is 0 Å². The third-order valence-corrected chi connectivity index (χ3v) is 4.81. The van der Waals surface area contributed by atoms with Gasteiger partial charge in [0.1, 0.15) is 17.7 Å². The summed E-state index contributed by atoms with van der Waals surface area (Å²) in [7, 11) is 1.70. The van der Waals surface area contributed by atoms with E-state index in [1.54, 1.807) is 19.2 Å². The van der Waals surface area contributed by atoms with Crippen molar-refractivity contribution >= 4 is 29.9 Å². The quantitative estimate of drug-likeness (QED) is 0.292. The lowest BCUT2D eigenvalue weighted by molar-refractivity contribution is 0.140. The minimum atomic E-state index is -0.404. The molecule has 0 spiro atoms. The Hall–Kier alpha value is -1.91. The molecule has 1 atom stereocenters. The Morgan fingerprint density at radius 1 is 1.20 bits per heavy atom. The smallest absolute Gasteiger partial charge is 0.191 e. The van der Waals surface area contributed by atoms with Gasteiger partial charge in [-0.25, -0.2) is 4.39 Å². The van der Waals surface area contributed by atoms with Crippen LogP contribution in [-0.4, -0.2) is 37.4 Å². The highest BCUT2D eigenvalue weighted by Gasteiger charge is 2.18. The third kappa shape index (κ3) is 6.82. The topological polar surface area (TPSA) is 75.1 Å². The predicted molar refractivity (Wildman–Crippen MR) is 126 cm³/mol. The number of hydrogen-bond donors (Lipinski definition) is 3. The number of halogens is 2. The van der Waals surface area contributed by atoms with Crippen LogP contribution in [0.1, 0.15) is 28.7 Å². The molecule has 3 N–H and O–H groups in total. The van der Waals surface area contributed by atoms with Crippen LogP contribution in [0.3, 0.4) is 0 Å². The average molecular weight is 529 g/mol. The molecule has 164 valence electrons. The zero-order valence-electron chi connectivity index (χ0n) is 17.3. The zero-order chi connectivity index (χ0) is 20.6. The highest BCUT2D eigenvalue weighted by molar-refractivity contribution is 14.0. The van der Waals surface area contributed by atoms with Gasteiger partial charge in [0.05, 0.1) is 19.8 Å². The maximum Gasteiger partial charge on any atom is 0.191 e. The minimum Gasteiger partial charge on any atom is -0.488 e. The van der Waals surface area contributed by atoms with Crippen molar-refractivity contribution in [3.63, 3.8) is 0 Å². The van der Waals surface area contributed by atoms with Crippen molar-refractivity contribution in [2.75, 3.05) is 20.3 Å². The monoisotopic (exact) mass is 529 g/mol. The van der Waals surface area contributed by atoms with Crippen LogP contribution in [0.15, 0.2) is 41.4 Å². The number of aliphatic hydroxyl groups excluding tert-OH is 1. The number of nitrogens with zero attached hydrogens (tertiary/aromatic N) is 1. The van der Waals surface area contributed by atoms with Crippen molar-refractivity contribution in [1.82, 2.24) is 10.6 Å². The second kappa shape index (κ2) is 12.1. The number of benzene rings is 2. The van der Waals surface area contributed by atoms with Crippen molar-refractivity contribution in [2.45, 2.75) is 39.1 Å². The summed E-state index contributed by atoms with van der Waals surface area (Å²) >= 11 is 0. The Morgan fingerprint density at radius 2 is 2.00 bits per heavy atom. The molecule has 0 bridgehead atoms. The summed E-state index contributed by atoms with van der Waals surface area (Å²) < 4.78 is 25.1. The molecule has 8 heteroatoms. The van der Waals surface area contributed by atoms with E-state index in [-0.39, 0.29) is 42.3 Å². The molecule has 3 rings (SSSR count). The van der Waals surface area contributed by atoms with Crippen LogP contribution in [0.2, 0.25) is 0 Å². The van der Waals surface area contributed by atoms with E-state index in [2.05, 4.69) is 21.7 Å². The fourth-order valence-electron chi connectivity index (χ4n) is 3.15. The number of nitrogens with one attached hydrogen (secondary N) is 2. The Bertz CT molecular complexity index is 858. The fraction of sp³-hybridized carbons (Fsp3) is 0.409. The van der Waals surface area contributed by atoms with Crippen LogP contribution in [-0.2, 0) is 24.4 Å². The van der Waals surface area contributed by atoms with E-state index in [1.165, 1.54) is 6.07 Å². The molecular weight excluding hydrogens is 500 g/mol. The molecule has 0 amide bonds. The summed E-state index contributed by atoms with van der Waals surface area (Å²) in [5.74, 6) is 1.07. The molecule has 1 fully saturated rings. The summed E-state index contributed by atoms with van der Waals surface area (Å²) in [5, 5.41) is 15.7. The molecule has 0 saturated carbocycles. The predicted octanol–water partition coefficient (Wildman–Crippen LogP) is 3.28. The first-order chi connectivity index (χ1) is 14.1. The number of hydrogen-bond acceptors (Lipinski definition) is 4. The van der Waals surface area contributed by atoms with Crippen LogP contribution < -0.4 is 15.4 Å². The normalized spacial score (nSPS) is 16.1. The summed E-state index contributed by atoms with van der Waals surface area (Å²) in [6, 6.07) is 10.8. The molecule has 2 aromatic rings. The first-order valence-electron chi connectivity index (χ1n) is 9.75. The van der Waals surface area contributed by atoms with Gasteiger partial charge in [-0.1, -0.05) is 18.2 Å². The maximum absolute atomic E-state index is 13.5. The summed E-state index contributed by atoms with van der Waals surface area (Å²) in [6.07, 6.45) is 0.990. The lowest BCUT2D eigenvalue weighted by Gasteiger charge is -2.18. The van der Waals surface area contributed by atoms with Crippen LogP contribution in [0.5, 0.6) is 5.75 Å². The summed E-state index contributed by atoms with van der Waals surface area (Å²) in [5.41, 5.74) is 3.32. The van der Waals surface area contributed by atoms with Gasteiger partial charge < -0.3 is 25.2 Å². The molecule has 0 radical (unpaired) electrons. The second-order valence-electron chi connectivity index (χ2n) is 7.08. The molecule has 30 heavy (non-hydrogen) atoms. The SMILES string of the molecule is CN=C(NCc1ccc(F)c(CO)c1)NCc1ccc(C)cc1OC1CCOC1.I. The molecule has 6 nitrogen and oxygen atoms in total. The average Bonchev–Trinajstić information content (AvgIpc) is 3.23. The number of ether oxygens (including phenoxy) is 2. The maximum atomic E-state index is 13.5. The van der Waals surface area contributed by atoms with E-state index >= 15 is 0 Å². The zero-order valence-corrected chi connectivity index (χ0v) is 19.6. The first kappa shape index (κ1) is 24.4. The van der Waals surface area contributed by atoms with E-state index < -0.39 is 5.82 Å². The van der Waals surface area contributed by atoms with E-state index in [4.69, 9.17) is 9.47 Å². The molecule has 1 aliphatic heterocycles. The minimum absolute atomic E-state index is 0. The van der Waals surface area contributed by atoms with Crippen LogP contribution >= 0.6 is 24.0 Å². The molecule has 2 aromatic carbocycles.